The Hall–Kier alpha value is -2.03. The van der Waals surface area contributed by atoms with Gasteiger partial charge in [-0.3, -0.25) is 9.69 Å². The fraction of sp³-hybridized carbons (Fsp3) is 0.438. The normalized spacial score (nSPS) is 21.6. The lowest BCUT2D eigenvalue weighted by molar-refractivity contribution is 0.0555. The van der Waals surface area contributed by atoms with E-state index < -0.39 is 12.0 Å². The van der Waals surface area contributed by atoms with Gasteiger partial charge in [-0.1, -0.05) is 0 Å². The molecule has 1 saturated heterocycles. The first-order chi connectivity index (χ1) is 11.5. The number of pyridine rings is 1. The number of thiazole rings is 1. The van der Waals surface area contributed by atoms with E-state index in [0.29, 0.717) is 17.9 Å². The first-order valence-electron chi connectivity index (χ1n) is 7.85. The average molecular weight is 347 g/mol. The van der Waals surface area contributed by atoms with Crippen molar-refractivity contribution in [1.29, 1.82) is 0 Å². The quantitative estimate of drug-likeness (QED) is 0.745. The molecule has 1 aliphatic rings. The molecule has 2 aromatic rings. The molecule has 2 aromatic heterocycles. The Morgan fingerprint density at radius 1 is 1.58 bits per heavy atom. The minimum absolute atomic E-state index is 0.161. The average Bonchev–Trinajstić information content (AvgIpc) is 2.95. The number of aliphatic hydroxyl groups is 1. The van der Waals surface area contributed by atoms with Gasteiger partial charge in [0.1, 0.15) is 5.82 Å². The topological polar surface area (TPSA) is 104 Å². The molecule has 0 aliphatic carbocycles. The van der Waals surface area contributed by atoms with E-state index in [0.717, 1.165) is 30.2 Å². The monoisotopic (exact) mass is 347 g/mol. The number of aryl methyl sites for hydroxylation is 1. The van der Waals surface area contributed by atoms with Crippen molar-refractivity contribution in [3.8, 4) is 0 Å². The summed E-state index contributed by atoms with van der Waals surface area (Å²) in [6.45, 7) is 4.11. The molecule has 2 atom stereocenters. The van der Waals surface area contributed by atoms with Crippen molar-refractivity contribution >= 4 is 23.1 Å². The van der Waals surface area contributed by atoms with Crippen LogP contribution in [0.4, 0.5) is 5.82 Å². The highest BCUT2D eigenvalue weighted by molar-refractivity contribution is 7.09. The molecule has 4 N–H and O–H groups in total. The molecule has 1 aliphatic heterocycles. The summed E-state index contributed by atoms with van der Waals surface area (Å²) in [5.41, 5.74) is 6.75. The van der Waals surface area contributed by atoms with Gasteiger partial charge in [0, 0.05) is 31.2 Å². The van der Waals surface area contributed by atoms with E-state index in [2.05, 4.69) is 25.6 Å². The number of aliphatic hydroxyl groups excluding tert-OH is 1. The summed E-state index contributed by atoms with van der Waals surface area (Å²) < 4.78 is 0. The molecule has 0 spiro atoms. The largest absolute Gasteiger partial charge is 0.390 e. The summed E-state index contributed by atoms with van der Waals surface area (Å²) in [6, 6.07) is 3.13. The van der Waals surface area contributed by atoms with Gasteiger partial charge in [-0.2, -0.15) is 0 Å². The number of aromatic nitrogens is 2. The molecule has 8 heteroatoms. The first kappa shape index (κ1) is 16.8. The van der Waals surface area contributed by atoms with E-state index in [9.17, 15) is 9.90 Å². The van der Waals surface area contributed by atoms with E-state index >= 15 is 0 Å². The number of carbonyl (C=O) groups excluding carboxylic acids is 1. The minimum Gasteiger partial charge on any atom is -0.390 e. The highest BCUT2D eigenvalue weighted by Crippen LogP contribution is 2.20. The maximum absolute atomic E-state index is 11.5. The molecular weight excluding hydrogens is 326 g/mol. The number of piperidine rings is 1. The third kappa shape index (κ3) is 3.89. The fourth-order valence-electron chi connectivity index (χ4n) is 2.91. The molecule has 0 unspecified atom stereocenters. The Bertz CT molecular complexity index is 720. The van der Waals surface area contributed by atoms with E-state index in [1.165, 1.54) is 0 Å². The summed E-state index contributed by atoms with van der Waals surface area (Å²) in [5.74, 6) is -0.103. The summed E-state index contributed by atoms with van der Waals surface area (Å²) in [7, 11) is 0. The SMILES string of the molecule is Cc1nc(CN2CC[C@@H](Nc3ncccc3C(N)=O)[C@H](O)C2)cs1. The zero-order valence-electron chi connectivity index (χ0n) is 13.5. The van der Waals surface area contributed by atoms with Gasteiger partial charge in [0.15, 0.2) is 0 Å². The molecule has 0 aromatic carbocycles. The van der Waals surface area contributed by atoms with E-state index in [4.69, 9.17) is 5.73 Å². The van der Waals surface area contributed by atoms with Crippen LogP contribution in [0.15, 0.2) is 23.7 Å². The second-order valence-electron chi connectivity index (χ2n) is 5.96. The van der Waals surface area contributed by atoms with Gasteiger partial charge in [-0.05, 0) is 25.5 Å². The highest BCUT2D eigenvalue weighted by Gasteiger charge is 2.29. The van der Waals surface area contributed by atoms with Crippen LogP contribution in [0.2, 0.25) is 0 Å². The second kappa shape index (κ2) is 7.25. The smallest absolute Gasteiger partial charge is 0.252 e. The van der Waals surface area contributed by atoms with Crippen LogP contribution < -0.4 is 11.1 Å². The first-order valence-corrected chi connectivity index (χ1v) is 8.73. The van der Waals surface area contributed by atoms with Gasteiger partial charge >= 0.3 is 0 Å². The molecule has 1 fully saturated rings. The van der Waals surface area contributed by atoms with Crippen molar-refractivity contribution < 1.29 is 9.90 Å². The van der Waals surface area contributed by atoms with Crippen molar-refractivity contribution in [3.63, 3.8) is 0 Å². The number of β-amino-alcohol motifs (C(OH)–C–C–N with tert-alkyl or cyclic N) is 1. The van der Waals surface area contributed by atoms with E-state index in [-0.39, 0.29) is 6.04 Å². The number of amides is 1. The molecule has 24 heavy (non-hydrogen) atoms. The molecule has 7 nitrogen and oxygen atoms in total. The van der Waals surface area contributed by atoms with E-state index in [1.54, 1.807) is 29.7 Å². The Morgan fingerprint density at radius 2 is 2.42 bits per heavy atom. The molecule has 0 saturated carbocycles. The van der Waals surface area contributed by atoms with Crippen LogP contribution in [-0.4, -0.2) is 51.1 Å². The van der Waals surface area contributed by atoms with Crippen molar-refractivity contribution in [1.82, 2.24) is 14.9 Å². The van der Waals surface area contributed by atoms with Gasteiger partial charge in [-0.25, -0.2) is 9.97 Å². The number of nitrogens with one attached hydrogen (secondary N) is 1. The number of likely N-dealkylation sites (tertiary alicyclic amines) is 1. The Morgan fingerprint density at radius 3 is 3.08 bits per heavy atom. The number of nitrogens with two attached hydrogens (primary N) is 1. The van der Waals surface area contributed by atoms with Gasteiger partial charge in [0.2, 0.25) is 0 Å². The molecule has 0 bridgehead atoms. The molecular formula is C16H21N5O2S. The third-order valence-corrected chi connectivity index (χ3v) is 4.94. The maximum Gasteiger partial charge on any atom is 0.252 e. The maximum atomic E-state index is 11.5. The number of hydrogen-bond donors (Lipinski definition) is 3. The van der Waals surface area contributed by atoms with Crippen LogP contribution in [0.3, 0.4) is 0 Å². The predicted octanol–water partition coefficient (Wildman–Crippen LogP) is 0.993. The van der Waals surface area contributed by atoms with Crippen molar-refractivity contribution in [3.05, 3.63) is 40.0 Å². The van der Waals surface area contributed by atoms with Gasteiger partial charge in [0.05, 0.1) is 28.4 Å². The van der Waals surface area contributed by atoms with Gasteiger partial charge in [-0.15, -0.1) is 11.3 Å². The standard InChI is InChI=1S/C16H21N5O2S/c1-10-19-11(9-24-10)7-21-6-4-13(14(22)8-21)20-16-12(15(17)23)3-2-5-18-16/h2-3,5,9,13-14,22H,4,6-8H2,1H3,(H2,17,23)(H,18,20)/t13-,14-/m1/s1. The van der Waals surface area contributed by atoms with E-state index in [1.807, 2.05) is 6.92 Å². The third-order valence-electron chi connectivity index (χ3n) is 4.11. The zero-order chi connectivity index (χ0) is 17.1. The van der Waals surface area contributed by atoms with Crippen LogP contribution in [0.5, 0.6) is 0 Å². The molecule has 0 radical (unpaired) electrons. The second-order valence-corrected chi connectivity index (χ2v) is 7.03. The predicted molar refractivity (Wildman–Crippen MR) is 92.9 cm³/mol. The number of anilines is 1. The number of rotatable bonds is 5. The van der Waals surface area contributed by atoms with Gasteiger partial charge < -0.3 is 16.2 Å². The molecule has 128 valence electrons. The lowest BCUT2D eigenvalue weighted by Gasteiger charge is -2.36. The summed E-state index contributed by atoms with van der Waals surface area (Å²) >= 11 is 1.64. The lowest BCUT2D eigenvalue weighted by atomic mass is 10.0. The minimum atomic E-state index is -0.554. The van der Waals surface area contributed by atoms with Crippen LogP contribution in [0.25, 0.3) is 0 Å². The lowest BCUT2D eigenvalue weighted by Crippen LogP contribution is -2.49. The Kier molecular flexibility index (Phi) is 5.08. The van der Waals surface area contributed by atoms with Crippen molar-refractivity contribution in [2.75, 3.05) is 18.4 Å². The van der Waals surface area contributed by atoms with Crippen LogP contribution in [-0.2, 0) is 6.54 Å². The highest BCUT2D eigenvalue weighted by atomic mass is 32.1. The van der Waals surface area contributed by atoms with Crippen LogP contribution in [0.1, 0.15) is 27.5 Å². The number of carbonyl (C=O) groups is 1. The number of nitrogens with zero attached hydrogens (tertiary/aromatic N) is 3. The summed E-state index contributed by atoms with van der Waals surface area (Å²) in [4.78, 5) is 22.3. The zero-order valence-corrected chi connectivity index (χ0v) is 14.3. The van der Waals surface area contributed by atoms with Gasteiger partial charge in [0.25, 0.3) is 5.91 Å². The summed E-state index contributed by atoms with van der Waals surface area (Å²) in [5, 5.41) is 16.7. The molecule has 1 amide bonds. The van der Waals surface area contributed by atoms with Crippen LogP contribution >= 0.6 is 11.3 Å². The fourth-order valence-corrected chi connectivity index (χ4v) is 3.52. The molecule has 3 heterocycles. The number of hydrogen-bond acceptors (Lipinski definition) is 7. The molecule has 3 rings (SSSR count). The van der Waals surface area contributed by atoms with Crippen molar-refractivity contribution in [2.24, 2.45) is 5.73 Å². The Balaban J connectivity index is 1.61. The Labute approximate surface area is 144 Å². The van der Waals surface area contributed by atoms with Crippen molar-refractivity contribution in [2.45, 2.75) is 32.0 Å². The number of primary amides is 1. The summed E-state index contributed by atoms with van der Waals surface area (Å²) in [6.07, 6.45) is 1.79. The van der Waals surface area contributed by atoms with Crippen LogP contribution in [0, 0.1) is 6.92 Å².